The van der Waals surface area contributed by atoms with Crippen molar-refractivity contribution in [2.75, 3.05) is 40.9 Å². The number of quaternary nitrogens is 1. The minimum absolute atomic E-state index is 0.0644. The summed E-state index contributed by atoms with van der Waals surface area (Å²) in [6, 6.07) is -0.783. The van der Waals surface area contributed by atoms with E-state index in [4.69, 9.17) is 9.05 Å². The standard InChI is InChI=1S/C81H143N2O6P/c1-6-8-10-12-14-16-18-20-22-24-26-28-30-32-34-36-37-38-39-40-41-42-43-44-45-47-49-51-53-55-57-59-61-63-65-67-69-71-73-75-81(85)82-79(78-89-90(86,87)88-77-76-83(3,4)5)80(84)74-72-70-68-66-64-62-60-58-56-54-52-50-48-46-35-33-31-29-27-25-23-21-19-17-15-13-11-9-7-2/h8,10,14,16,20,22,26,28,32,34,37-38,40-41,43-44,47,49,53,55,59,61,79-80,84H,6-7,9,11-13,15,17-19,21,23-25,27,29-31,33,35-36,39,42,45-46,48,50-52,54,56-58,60,62-78H2,1-5H3,(H-,82,85,86,87)/p+1/b10-8-,16-14-,22-20-,28-26-,34-32-,38-37-,41-40-,44-43-,49-47-,55-53-,61-59-. The van der Waals surface area contributed by atoms with E-state index in [1.165, 1.54) is 167 Å². The van der Waals surface area contributed by atoms with Crippen molar-refractivity contribution in [3.05, 3.63) is 134 Å². The van der Waals surface area contributed by atoms with Crippen molar-refractivity contribution in [1.29, 1.82) is 0 Å². The van der Waals surface area contributed by atoms with Gasteiger partial charge in [-0.1, -0.05) is 353 Å². The van der Waals surface area contributed by atoms with Crippen molar-refractivity contribution < 1.29 is 32.9 Å². The zero-order valence-corrected chi connectivity index (χ0v) is 60.2. The molecular weight excluding hydrogens is 1130 g/mol. The van der Waals surface area contributed by atoms with Crippen LogP contribution in [-0.2, 0) is 18.4 Å². The second-order valence-electron chi connectivity index (χ2n) is 26.3. The molecule has 0 fully saturated rings. The van der Waals surface area contributed by atoms with Crippen LogP contribution >= 0.6 is 7.82 Å². The zero-order valence-electron chi connectivity index (χ0n) is 59.3. The van der Waals surface area contributed by atoms with Gasteiger partial charge in [-0.25, -0.2) is 4.57 Å². The summed E-state index contributed by atoms with van der Waals surface area (Å²) >= 11 is 0. The molecule has 0 rings (SSSR count). The van der Waals surface area contributed by atoms with Gasteiger partial charge in [0.2, 0.25) is 5.91 Å². The summed E-state index contributed by atoms with van der Waals surface area (Å²) in [6.45, 7) is 4.78. The number of aliphatic hydroxyl groups excluding tert-OH is 1. The highest BCUT2D eigenvalue weighted by Crippen LogP contribution is 2.43. The first-order valence-electron chi connectivity index (χ1n) is 37.5. The molecule has 3 unspecified atom stereocenters. The van der Waals surface area contributed by atoms with Crippen LogP contribution in [0.15, 0.2) is 134 Å². The molecule has 0 aromatic rings. The Bertz CT molecular complexity index is 1930. The Kier molecular flexibility index (Phi) is 67.4. The highest BCUT2D eigenvalue weighted by Gasteiger charge is 2.28. The number of aliphatic hydroxyl groups is 1. The molecular formula is C81H144N2O6P+. The van der Waals surface area contributed by atoms with E-state index in [1.54, 1.807) is 0 Å². The van der Waals surface area contributed by atoms with Gasteiger partial charge in [-0.05, 0) is 96.3 Å². The van der Waals surface area contributed by atoms with Crippen LogP contribution in [-0.4, -0.2) is 73.4 Å². The first kappa shape index (κ1) is 86.6. The number of hydrogen-bond donors (Lipinski definition) is 3. The third kappa shape index (κ3) is 72.1. The molecule has 0 heterocycles. The van der Waals surface area contributed by atoms with Crippen LogP contribution in [0, 0.1) is 0 Å². The molecule has 0 saturated heterocycles. The van der Waals surface area contributed by atoms with Gasteiger partial charge in [-0.15, -0.1) is 0 Å². The molecule has 0 aromatic carbocycles. The highest BCUT2D eigenvalue weighted by atomic mass is 31.2. The summed E-state index contributed by atoms with van der Waals surface area (Å²) in [5.41, 5.74) is 0. The van der Waals surface area contributed by atoms with Gasteiger partial charge < -0.3 is 19.8 Å². The molecule has 0 saturated carbocycles. The molecule has 1 amide bonds. The summed E-state index contributed by atoms with van der Waals surface area (Å²) in [6.07, 6.45) is 106. The first-order valence-corrected chi connectivity index (χ1v) is 39.0. The molecule has 0 aliphatic heterocycles. The van der Waals surface area contributed by atoms with E-state index in [1.807, 2.05) is 21.1 Å². The third-order valence-electron chi connectivity index (χ3n) is 16.4. The lowest BCUT2D eigenvalue weighted by Crippen LogP contribution is -2.46. The Morgan fingerprint density at radius 2 is 0.667 bits per heavy atom. The van der Waals surface area contributed by atoms with Gasteiger partial charge >= 0.3 is 7.82 Å². The van der Waals surface area contributed by atoms with Crippen molar-refractivity contribution >= 4 is 13.7 Å². The number of unbranched alkanes of at least 4 members (excludes halogenated alkanes) is 33. The predicted molar refractivity (Wildman–Crippen MR) is 396 cm³/mol. The highest BCUT2D eigenvalue weighted by molar-refractivity contribution is 7.47. The molecule has 0 aliphatic carbocycles. The van der Waals surface area contributed by atoms with Gasteiger partial charge in [0.05, 0.1) is 39.9 Å². The molecule has 3 atom stereocenters. The Balaban J connectivity index is 4.12. The fraction of sp³-hybridized carbons (Fsp3) is 0.716. The summed E-state index contributed by atoms with van der Waals surface area (Å²) in [5.74, 6) is -0.164. The lowest BCUT2D eigenvalue weighted by molar-refractivity contribution is -0.870. The van der Waals surface area contributed by atoms with Crippen molar-refractivity contribution in [1.82, 2.24) is 5.32 Å². The Morgan fingerprint density at radius 1 is 0.389 bits per heavy atom. The molecule has 8 nitrogen and oxygen atoms in total. The minimum atomic E-state index is -4.35. The summed E-state index contributed by atoms with van der Waals surface area (Å²) in [5, 5.41) is 14.2. The normalized spacial score (nSPS) is 14.3. The average Bonchev–Trinajstić information content (AvgIpc) is 3.72. The number of allylic oxidation sites excluding steroid dienone is 22. The largest absolute Gasteiger partial charge is 0.472 e. The predicted octanol–water partition coefficient (Wildman–Crippen LogP) is 24.6. The average molecular weight is 1270 g/mol. The number of hydrogen-bond acceptors (Lipinski definition) is 5. The van der Waals surface area contributed by atoms with Crippen molar-refractivity contribution in [3.8, 4) is 0 Å². The quantitative estimate of drug-likeness (QED) is 0.0243. The van der Waals surface area contributed by atoms with E-state index in [2.05, 4.69) is 153 Å². The number of carbonyl (C=O) groups is 1. The van der Waals surface area contributed by atoms with E-state index in [9.17, 15) is 19.4 Å². The number of phosphoric ester groups is 1. The number of nitrogens with zero attached hydrogens (tertiary/aromatic N) is 1. The van der Waals surface area contributed by atoms with Crippen LogP contribution in [0.5, 0.6) is 0 Å². The fourth-order valence-electron chi connectivity index (χ4n) is 10.6. The minimum Gasteiger partial charge on any atom is -0.391 e. The maximum absolute atomic E-state index is 13.1. The number of rotatable bonds is 68. The van der Waals surface area contributed by atoms with E-state index >= 15 is 0 Å². The molecule has 0 spiro atoms. The van der Waals surface area contributed by atoms with Crippen LogP contribution < -0.4 is 5.32 Å². The molecule has 0 aliphatic rings. The molecule has 0 bridgehead atoms. The van der Waals surface area contributed by atoms with Gasteiger partial charge in [-0.2, -0.15) is 0 Å². The van der Waals surface area contributed by atoms with Crippen LogP contribution in [0.3, 0.4) is 0 Å². The van der Waals surface area contributed by atoms with Crippen LogP contribution in [0.4, 0.5) is 0 Å². The van der Waals surface area contributed by atoms with Gasteiger partial charge in [0.25, 0.3) is 0 Å². The lowest BCUT2D eigenvalue weighted by atomic mass is 10.0. The van der Waals surface area contributed by atoms with E-state index in [-0.39, 0.29) is 19.1 Å². The summed E-state index contributed by atoms with van der Waals surface area (Å²) in [7, 11) is 1.59. The van der Waals surface area contributed by atoms with Crippen LogP contribution in [0.1, 0.15) is 322 Å². The number of phosphoric acid groups is 1. The van der Waals surface area contributed by atoms with Gasteiger partial charge in [-0.3, -0.25) is 13.8 Å². The Hall–Kier alpha value is -3.36. The second-order valence-corrected chi connectivity index (χ2v) is 27.8. The van der Waals surface area contributed by atoms with E-state index in [0.717, 1.165) is 128 Å². The first-order chi connectivity index (χ1) is 44.0. The molecule has 3 N–H and O–H groups in total. The Labute approximate surface area is 557 Å². The van der Waals surface area contributed by atoms with Gasteiger partial charge in [0, 0.05) is 6.42 Å². The van der Waals surface area contributed by atoms with Crippen molar-refractivity contribution in [3.63, 3.8) is 0 Å². The summed E-state index contributed by atoms with van der Waals surface area (Å²) in [4.78, 5) is 23.5. The molecule has 0 radical (unpaired) electrons. The van der Waals surface area contributed by atoms with Crippen LogP contribution in [0.2, 0.25) is 0 Å². The van der Waals surface area contributed by atoms with E-state index in [0.29, 0.717) is 23.9 Å². The lowest BCUT2D eigenvalue weighted by Gasteiger charge is -2.26. The fourth-order valence-corrected chi connectivity index (χ4v) is 11.4. The third-order valence-corrected chi connectivity index (χ3v) is 17.4. The number of carbonyl (C=O) groups excluding carboxylic acids is 1. The number of nitrogens with one attached hydrogen (secondary N) is 1. The molecule has 518 valence electrons. The number of likely N-dealkylation sites (N-methyl/N-ethyl adjacent to an activating group) is 1. The SMILES string of the molecule is CC/C=C\C/C=C\C/C=C\C/C=C\C/C=C\C/C=C\C/C=C\C/C=C\C/C=C\C/C=C\C/C=C\CCCCCCCC(=O)NC(COP(=O)(O)OCC[N+](C)(C)C)C(O)CCCCCCCCCCCCCCCCCCCCCCCCCCCCCCC. The topological polar surface area (TPSA) is 105 Å². The molecule has 9 heteroatoms. The smallest absolute Gasteiger partial charge is 0.391 e. The maximum Gasteiger partial charge on any atom is 0.472 e. The molecule has 90 heavy (non-hydrogen) atoms. The Morgan fingerprint density at radius 3 is 0.978 bits per heavy atom. The van der Waals surface area contributed by atoms with Crippen LogP contribution in [0.25, 0.3) is 0 Å². The van der Waals surface area contributed by atoms with Gasteiger partial charge in [0.15, 0.2) is 0 Å². The maximum atomic E-state index is 13.1. The molecule has 0 aromatic heterocycles. The van der Waals surface area contributed by atoms with Crippen molar-refractivity contribution in [2.24, 2.45) is 0 Å². The van der Waals surface area contributed by atoms with Crippen molar-refractivity contribution in [2.45, 2.75) is 334 Å². The summed E-state index contributed by atoms with van der Waals surface area (Å²) < 4.78 is 23.9. The monoisotopic (exact) mass is 1270 g/mol. The zero-order chi connectivity index (χ0) is 65.5. The second kappa shape index (κ2) is 70.0. The van der Waals surface area contributed by atoms with E-state index < -0.39 is 20.0 Å². The van der Waals surface area contributed by atoms with Gasteiger partial charge in [0.1, 0.15) is 13.2 Å². The number of amides is 1.